The van der Waals surface area contributed by atoms with E-state index >= 15 is 0 Å². The van der Waals surface area contributed by atoms with E-state index in [4.69, 9.17) is 8.83 Å². The van der Waals surface area contributed by atoms with Gasteiger partial charge >= 0.3 is 0 Å². The van der Waals surface area contributed by atoms with Crippen molar-refractivity contribution in [1.82, 2.24) is 0 Å². The first-order chi connectivity index (χ1) is 24.3. The maximum Gasteiger partial charge on any atom is 0.143 e. The topological polar surface area (TPSA) is 29.5 Å². The number of fused-ring (bicyclic) bond motifs is 7. The smallest absolute Gasteiger partial charge is 0.143 e. The van der Waals surface area contributed by atoms with Gasteiger partial charge in [-0.2, -0.15) is 0 Å². The maximum absolute atomic E-state index is 6.39. The van der Waals surface area contributed by atoms with Gasteiger partial charge in [-0.3, -0.25) is 0 Å². The van der Waals surface area contributed by atoms with Gasteiger partial charge in [-0.15, -0.1) is 0 Å². The summed E-state index contributed by atoms with van der Waals surface area (Å²) in [5.41, 5.74) is 11.2. The molecule has 0 amide bonds. The van der Waals surface area contributed by atoms with E-state index in [0.717, 1.165) is 83.2 Å². The summed E-state index contributed by atoms with van der Waals surface area (Å²) >= 11 is 0. The van der Waals surface area contributed by atoms with Gasteiger partial charge in [0.15, 0.2) is 0 Å². The Kier molecular flexibility index (Phi) is 6.18. The minimum Gasteiger partial charge on any atom is -0.456 e. The van der Waals surface area contributed by atoms with Crippen LogP contribution in [0.1, 0.15) is 0 Å². The summed E-state index contributed by atoms with van der Waals surface area (Å²) in [7, 11) is 0. The van der Waals surface area contributed by atoms with E-state index in [1.54, 1.807) is 0 Å². The van der Waals surface area contributed by atoms with Gasteiger partial charge in [0.25, 0.3) is 0 Å². The van der Waals surface area contributed by atoms with Crippen LogP contribution < -0.4 is 4.90 Å². The summed E-state index contributed by atoms with van der Waals surface area (Å²) in [5.74, 6) is 0. The van der Waals surface area contributed by atoms with Crippen LogP contribution in [0.3, 0.4) is 0 Å². The van der Waals surface area contributed by atoms with Gasteiger partial charge in [0, 0.05) is 44.0 Å². The Morgan fingerprint density at radius 3 is 1.82 bits per heavy atom. The molecule has 2 heterocycles. The van der Waals surface area contributed by atoms with Crippen molar-refractivity contribution in [3.63, 3.8) is 0 Å². The number of rotatable bonds is 5. The van der Waals surface area contributed by atoms with Crippen LogP contribution in [-0.2, 0) is 0 Å². The molecule has 230 valence electrons. The van der Waals surface area contributed by atoms with Crippen molar-refractivity contribution in [1.29, 1.82) is 0 Å². The van der Waals surface area contributed by atoms with E-state index < -0.39 is 0 Å². The Bertz CT molecular complexity index is 2840. The molecule has 2 aromatic heterocycles. The molecule has 3 heteroatoms. The highest BCUT2D eigenvalue weighted by Gasteiger charge is 2.19. The fourth-order valence-electron chi connectivity index (χ4n) is 7.31. The highest BCUT2D eigenvalue weighted by molar-refractivity contribution is 6.10. The molecule has 0 atom stereocenters. The Morgan fingerprint density at radius 1 is 0.347 bits per heavy atom. The lowest BCUT2D eigenvalue weighted by atomic mass is 9.99. The Morgan fingerprint density at radius 2 is 0.959 bits per heavy atom. The second-order valence-corrected chi connectivity index (χ2v) is 12.5. The summed E-state index contributed by atoms with van der Waals surface area (Å²) in [4.78, 5) is 2.36. The fraction of sp³-hybridized carbons (Fsp3) is 0. The molecule has 8 aromatic carbocycles. The first kappa shape index (κ1) is 27.5. The van der Waals surface area contributed by atoms with E-state index in [0.29, 0.717) is 0 Å². The molecule has 3 nitrogen and oxygen atoms in total. The van der Waals surface area contributed by atoms with Crippen molar-refractivity contribution >= 4 is 71.7 Å². The molecule has 0 unspecified atom stereocenters. The predicted molar refractivity (Wildman–Crippen MR) is 204 cm³/mol. The van der Waals surface area contributed by atoms with Crippen LogP contribution in [0, 0.1) is 0 Å². The average Bonchev–Trinajstić information content (AvgIpc) is 3.74. The van der Waals surface area contributed by atoms with Gasteiger partial charge in [-0.1, -0.05) is 121 Å². The Hall–Kier alpha value is -6.58. The molecular formula is C46H29NO2. The molecule has 0 saturated heterocycles. The molecule has 0 bridgehead atoms. The standard InChI is InChI=1S/C46H29NO2/c1-2-11-32-28-35(26-20-30(32)10-1)47(34-24-21-31(22-25-34)37-15-9-16-41-39-14-5-8-19-44(39)49-46(37)41)42-17-6-3-12-36(42)33-23-27-40-38-13-4-7-18-43(38)48-45(40)29-33/h1-29H. The lowest BCUT2D eigenvalue weighted by Gasteiger charge is -2.28. The summed E-state index contributed by atoms with van der Waals surface area (Å²) in [6.07, 6.45) is 0. The number of nitrogens with zero attached hydrogens (tertiary/aromatic N) is 1. The largest absolute Gasteiger partial charge is 0.456 e. The second-order valence-electron chi connectivity index (χ2n) is 12.5. The molecule has 0 aliphatic carbocycles. The van der Waals surface area contributed by atoms with E-state index in [1.807, 2.05) is 24.3 Å². The molecule has 0 saturated carbocycles. The molecule has 0 radical (unpaired) electrons. The van der Waals surface area contributed by atoms with Crippen LogP contribution in [0.25, 0.3) is 76.9 Å². The van der Waals surface area contributed by atoms with Crippen LogP contribution in [0.5, 0.6) is 0 Å². The third-order valence-electron chi connectivity index (χ3n) is 9.67. The molecule has 0 fully saturated rings. The van der Waals surface area contributed by atoms with Crippen LogP contribution in [0.2, 0.25) is 0 Å². The fourth-order valence-corrected chi connectivity index (χ4v) is 7.31. The number of hydrogen-bond acceptors (Lipinski definition) is 3. The van der Waals surface area contributed by atoms with Crippen molar-refractivity contribution < 1.29 is 8.83 Å². The van der Waals surface area contributed by atoms with Crippen LogP contribution in [0.4, 0.5) is 17.1 Å². The van der Waals surface area contributed by atoms with Crippen molar-refractivity contribution in [2.24, 2.45) is 0 Å². The summed E-state index contributed by atoms with van der Waals surface area (Å²) < 4.78 is 12.7. The van der Waals surface area contributed by atoms with Crippen LogP contribution in [-0.4, -0.2) is 0 Å². The Balaban J connectivity index is 1.13. The molecule has 49 heavy (non-hydrogen) atoms. The van der Waals surface area contributed by atoms with Gasteiger partial charge in [0.2, 0.25) is 0 Å². The predicted octanol–water partition coefficient (Wildman–Crippen LogP) is 13.4. The van der Waals surface area contributed by atoms with Gasteiger partial charge in [0.05, 0.1) is 5.69 Å². The molecule has 0 N–H and O–H groups in total. The molecule has 0 aliphatic rings. The van der Waals surface area contributed by atoms with Gasteiger partial charge in [-0.05, 0) is 76.5 Å². The number of benzene rings is 8. The zero-order chi connectivity index (χ0) is 32.3. The number of para-hydroxylation sites is 4. The molecule has 10 rings (SSSR count). The summed E-state index contributed by atoms with van der Waals surface area (Å²) in [5, 5.41) is 6.93. The van der Waals surface area contributed by atoms with Crippen molar-refractivity contribution in [3.8, 4) is 22.3 Å². The third kappa shape index (κ3) is 4.51. The van der Waals surface area contributed by atoms with Gasteiger partial charge in [0.1, 0.15) is 22.3 Å². The average molecular weight is 628 g/mol. The second kappa shape index (κ2) is 11.0. The van der Waals surface area contributed by atoms with E-state index in [-0.39, 0.29) is 0 Å². The number of hydrogen-bond donors (Lipinski definition) is 0. The third-order valence-corrected chi connectivity index (χ3v) is 9.67. The normalized spacial score (nSPS) is 11.7. The zero-order valence-corrected chi connectivity index (χ0v) is 26.5. The first-order valence-electron chi connectivity index (χ1n) is 16.6. The zero-order valence-electron chi connectivity index (χ0n) is 26.5. The lowest BCUT2D eigenvalue weighted by Crippen LogP contribution is -2.11. The Labute approximate surface area is 282 Å². The monoisotopic (exact) mass is 627 g/mol. The minimum atomic E-state index is 0.884. The van der Waals surface area contributed by atoms with E-state index in [1.165, 1.54) is 10.8 Å². The molecule has 0 aliphatic heterocycles. The van der Waals surface area contributed by atoms with Crippen molar-refractivity contribution in [3.05, 3.63) is 176 Å². The van der Waals surface area contributed by atoms with Crippen molar-refractivity contribution in [2.45, 2.75) is 0 Å². The molecule has 0 spiro atoms. The first-order valence-corrected chi connectivity index (χ1v) is 16.6. The minimum absolute atomic E-state index is 0.884. The van der Waals surface area contributed by atoms with E-state index in [2.05, 4.69) is 157 Å². The highest BCUT2D eigenvalue weighted by Crippen LogP contribution is 2.44. The van der Waals surface area contributed by atoms with Crippen LogP contribution >= 0.6 is 0 Å². The number of furan rings is 2. The SMILES string of the molecule is c1ccc(N(c2ccc(-c3cccc4c3oc3ccccc34)cc2)c2ccc3ccccc3c2)c(-c2ccc3c(c2)oc2ccccc23)c1. The lowest BCUT2D eigenvalue weighted by molar-refractivity contribution is 0.669. The highest BCUT2D eigenvalue weighted by atomic mass is 16.3. The molecular weight excluding hydrogens is 599 g/mol. The maximum atomic E-state index is 6.39. The van der Waals surface area contributed by atoms with Gasteiger partial charge in [-0.25, -0.2) is 0 Å². The van der Waals surface area contributed by atoms with Gasteiger partial charge < -0.3 is 13.7 Å². The summed E-state index contributed by atoms with van der Waals surface area (Å²) in [6.45, 7) is 0. The number of anilines is 3. The van der Waals surface area contributed by atoms with Crippen LogP contribution in [0.15, 0.2) is 185 Å². The summed E-state index contributed by atoms with van der Waals surface area (Å²) in [6, 6.07) is 62.1. The van der Waals surface area contributed by atoms with Crippen molar-refractivity contribution in [2.75, 3.05) is 4.90 Å². The molecule has 10 aromatic rings. The van der Waals surface area contributed by atoms with E-state index in [9.17, 15) is 0 Å². The quantitative estimate of drug-likeness (QED) is 0.190.